The molecule has 0 rings (SSSR count). The van der Waals surface area contributed by atoms with E-state index in [1.54, 1.807) is 11.8 Å². The summed E-state index contributed by atoms with van der Waals surface area (Å²) in [6.07, 6.45) is 3.73. The minimum Gasteiger partial charge on any atom is -0.350 e. The van der Waals surface area contributed by atoms with Gasteiger partial charge < -0.3 is 15.4 Å². The van der Waals surface area contributed by atoms with Crippen LogP contribution in [-0.2, 0) is 14.4 Å². The molecule has 0 unspecified atom stereocenters. The summed E-state index contributed by atoms with van der Waals surface area (Å²) in [7, 11) is 5.01. The van der Waals surface area contributed by atoms with Gasteiger partial charge in [-0.15, -0.1) is 11.8 Å². The van der Waals surface area contributed by atoms with Crippen molar-refractivity contribution in [3.63, 3.8) is 0 Å². The van der Waals surface area contributed by atoms with E-state index in [0.29, 0.717) is 18.7 Å². The SMILES string of the molecule is [B]C(=O)CCCCCSCNC(=O)CNC=O. The molecule has 0 heterocycles. The Bertz CT molecular complexity index is 252. The summed E-state index contributed by atoms with van der Waals surface area (Å²) >= 11 is 1.61. The molecule has 0 bridgehead atoms. The Balaban J connectivity index is 3.15. The summed E-state index contributed by atoms with van der Waals surface area (Å²) in [6.45, 7) is 0.0165. The maximum atomic E-state index is 11.0. The lowest BCUT2D eigenvalue weighted by atomic mass is 9.97. The monoisotopic (exact) mass is 256 g/mol. The predicted octanol–water partition coefficient (Wildman–Crippen LogP) is -0.205. The van der Waals surface area contributed by atoms with Gasteiger partial charge in [0.05, 0.1) is 18.1 Å². The molecule has 0 aromatic heterocycles. The van der Waals surface area contributed by atoms with Crippen molar-refractivity contribution in [2.75, 3.05) is 18.2 Å². The van der Waals surface area contributed by atoms with Gasteiger partial charge in [0.1, 0.15) is 0 Å². The highest BCUT2D eigenvalue weighted by molar-refractivity contribution is 7.99. The molecular weight excluding hydrogens is 239 g/mol. The molecule has 2 N–H and O–H groups in total. The first kappa shape index (κ1) is 16.0. The summed E-state index contributed by atoms with van der Waals surface area (Å²) in [4.78, 5) is 31.4. The van der Waals surface area contributed by atoms with E-state index in [9.17, 15) is 14.4 Å². The summed E-state index contributed by atoms with van der Waals surface area (Å²) in [6, 6.07) is 0. The normalized spacial score (nSPS) is 9.65. The zero-order valence-electron chi connectivity index (χ0n) is 9.74. The number of thioether (sulfide) groups is 1. The molecule has 0 saturated carbocycles. The molecule has 17 heavy (non-hydrogen) atoms. The number of carbonyl (C=O) groups is 3. The molecule has 2 radical (unpaired) electrons. The van der Waals surface area contributed by atoms with E-state index in [4.69, 9.17) is 7.85 Å². The number of unbranched alkanes of at least 4 members (excludes halogenated alkanes) is 2. The molecule has 7 heteroatoms. The molecule has 94 valence electrons. The summed E-state index contributed by atoms with van der Waals surface area (Å²) in [5.74, 6) is 1.27. The number of hydrogen-bond acceptors (Lipinski definition) is 4. The van der Waals surface area contributed by atoms with E-state index in [1.807, 2.05) is 0 Å². The molecule has 0 aromatic carbocycles. The predicted molar refractivity (Wildman–Crippen MR) is 68.8 cm³/mol. The van der Waals surface area contributed by atoms with Gasteiger partial charge in [-0.25, -0.2) is 0 Å². The highest BCUT2D eigenvalue weighted by Crippen LogP contribution is 2.06. The van der Waals surface area contributed by atoms with Crippen LogP contribution in [0.4, 0.5) is 0 Å². The van der Waals surface area contributed by atoms with Crippen molar-refractivity contribution in [2.24, 2.45) is 0 Å². The number of amides is 2. The van der Waals surface area contributed by atoms with Crippen LogP contribution in [0.5, 0.6) is 0 Å². The van der Waals surface area contributed by atoms with Crippen LogP contribution in [0, 0.1) is 0 Å². The third-order valence-electron chi connectivity index (χ3n) is 1.93. The van der Waals surface area contributed by atoms with E-state index in [-0.39, 0.29) is 18.1 Å². The molecular formula is C10H17BN2O3S. The quantitative estimate of drug-likeness (QED) is 0.232. The fourth-order valence-corrected chi connectivity index (χ4v) is 1.90. The van der Waals surface area contributed by atoms with Crippen LogP contribution >= 0.6 is 11.8 Å². The largest absolute Gasteiger partial charge is 0.350 e. The number of hydrogen-bond donors (Lipinski definition) is 2. The molecule has 0 fully saturated rings. The van der Waals surface area contributed by atoms with Crippen LogP contribution in [0.15, 0.2) is 0 Å². The average Bonchev–Trinajstić information content (AvgIpc) is 2.29. The second-order valence-electron chi connectivity index (χ2n) is 3.43. The minimum atomic E-state index is -0.257. The topological polar surface area (TPSA) is 75.3 Å². The van der Waals surface area contributed by atoms with E-state index < -0.39 is 0 Å². The fraction of sp³-hybridized carbons (Fsp3) is 0.700. The van der Waals surface area contributed by atoms with Gasteiger partial charge in [-0.05, 0) is 25.0 Å². The Kier molecular flexibility index (Phi) is 10.8. The molecule has 5 nitrogen and oxygen atoms in total. The van der Waals surface area contributed by atoms with Crippen LogP contribution in [0.2, 0.25) is 0 Å². The first-order valence-electron chi connectivity index (χ1n) is 5.46. The van der Waals surface area contributed by atoms with Gasteiger partial charge >= 0.3 is 0 Å². The van der Waals surface area contributed by atoms with E-state index in [2.05, 4.69) is 10.6 Å². The highest BCUT2D eigenvalue weighted by Gasteiger charge is 1.98. The van der Waals surface area contributed by atoms with E-state index in [0.717, 1.165) is 25.0 Å². The van der Waals surface area contributed by atoms with Gasteiger partial charge in [-0.3, -0.25) is 9.59 Å². The van der Waals surface area contributed by atoms with Crippen LogP contribution in [0.25, 0.3) is 0 Å². The Morgan fingerprint density at radius 1 is 1.24 bits per heavy atom. The zero-order valence-corrected chi connectivity index (χ0v) is 10.6. The van der Waals surface area contributed by atoms with Gasteiger partial charge in [0.25, 0.3) is 0 Å². The third-order valence-corrected chi connectivity index (χ3v) is 2.86. The van der Waals surface area contributed by atoms with E-state index >= 15 is 0 Å². The van der Waals surface area contributed by atoms with Crippen molar-refractivity contribution < 1.29 is 14.4 Å². The molecule has 0 atom stereocenters. The highest BCUT2D eigenvalue weighted by atomic mass is 32.2. The van der Waals surface area contributed by atoms with Gasteiger partial charge in [0.15, 0.2) is 7.85 Å². The van der Waals surface area contributed by atoms with Crippen LogP contribution in [-0.4, -0.2) is 44.0 Å². The summed E-state index contributed by atoms with van der Waals surface area (Å²) < 4.78 is 0. The average molecular weight is 256 g/mol. The van der Waals surface area contributed by atoms with Crippen LogP contribution < -0.4 is 10.6 Å². The Labute approximate surface area is 107 Å². The molecule has 0 aliphatic heterocycles. The Morgan fingerprint density at radius 3 is 2.65 bits per heavy atom. The van der Waals surface area contributed by atoms with Crippen molar-refractivity contribution in [1.82, 2.24) is 10.6 Å². The lowest BCUT2D eigenvalue weighted by molar-refractivity contribution is -0.121. The molecule has 0 aliphatic rings. The van der Waals surface area contributed by atoms with Crippen molar-refractivity contribution >= 4 is 37.6 Å². The molecule has 0 saturated heterocycles. The van der Waals surface area contributed by atoms with Gasteiger partial charge in [0, 0.05) is 0 Å². The number of nitrogens with one attached hydrogen (secondary N) is 2. The molecule has 0 aliphatic carbocycles. The maximum absolute atomic E-state index is 11.0. The molecule has 2 amide bonds. The molecule has 0 spiro atoms. The van der Waals surface area contributed by atoms with Crippen molar-refractivity contribution in [2.45, 2.75) is 25.7 Å². The van der Waals surface area contributed by atoms with Crippen LogP contribution in [0.1, 0.15) is 25.7 Å². The first-order chi connectivity index (χ1) is 8.16. The van der Waals surface area contributed by atoms with E-state index in [1.165, 1.54) is 0 Å². The number of rotatable bonds is 11. The smallest absolute Gasteiger partial charge is 0.240 e. The lowest BCUT2D eigenvalue weighted by Gasteiger charge is -2.04. The first-order valence-corrected chi connectivity index (χ1v) is 6.62. The van der Waals surface area contributed by atoms with Crippen molar-refractivity contribution in [3.8, 4) is 0 Å². The maximum Gasteiger partial charge on any atom is 0.240 e. The minimum absolute atomic E-state index is 0.0165. The second kappa shape index (κ2) is 11.5. The second-order valence-corrected chi connectivity index (χ2v) is 4.53. The fourth-order valence-electron chi connectivity index (χ4n) is 1.08. The third kappa shape index (κ3) is 13.0. The summed E-state index contributed by atoms with van der Waals surface area (Å²) in [5.41, 5.74) is -0.257. The zero-order chi connectivity index (χ0) is 12.9. The van der Waals surface area contributed by atoms with Crippen molar-refractivity contribution in [3.05, 3.63) is 0 Å². The molecule has 0 aromatic rings. The van der Waals surface area contributed by atoms with Gasteiger partial charge in [-0.1, -0.05) is 6.42 Å². The number of carbonyl (C=O) groups excluding carboxylic acids is 3. The standard InChI is InChI=1S/C10H17BN2O3S/c11-9(15)4-2-1-3-5-17-8-13-10(16)6-12-7-14/h7H,1-6,8H2,(H,12,14)(H,13,16). The Morgan fingerprint density at radius 2 is 2.00 bits per heavy atom. The Hall–Kier alpha value is -0.975. The van der Waals surface area contributed by atoms with Gasteiger partial charge in [-0.2, -0.15) is 0 Å². The van der Waals surface area contributed by atoms with Crippen LogP contribution in [0.3, 0.4) is 0 Å². The van der Waals surface area contributed by atoms with Crippen molar-refractivity contribution in [1.29, 1.82) is 0 Å². The van der Waals surface area contributed by atoms with Gasteiger partial charge in [0.2, 0.25) is 12.3 Å². The lowest BCUT2D eigenvalue weighted by Crippen LogP contribution is -2.32. The summed E-state index contributed by atoms with van der Waals surface area (Å²) in [5, 5.41) is 4.94.